The third-order valence-electron chi connectivity index (χ3n) is 6.51. The number of carbonyl (C=O) groups is 2. The fraction of sp³-hybridized carbons (Fsp3) is 0.233. The predicted molar refractivity (Wildman–Crippen MR) is 151 cm³/mol. The second kappa shape index (κ2) is 13.2. The number of halogens is 4. The standard InChI is InChI=1S/C30H25F4N5O3.U/c1-29(2,28(35)37-4)39-25(40)18-7-5-6-17(14-18)20-15-21-23(26(41)36-3)24(16-8-10-19(31)11-9-16)42-27(21)38-22(20)12-13-30(32,33)34;/h4-11,14-15H,12-13H2,1-3H3,(H,36,41)(H,39,40);/q-2;+2. The molecular formula is C30H25F4N5O3U. The van der Waals surface area contributed by atoms with Crippen LogP contribution in [-0.2, 0) is 6.42 Å². The molecule has 0 aliphatic carbocycles. The largest absolute Gasteiger partial charge is 2.00 e. The Hall–Kier alpha value is -3.82. The zero-order chi connectivity index (χ0) is 30.8. The number of hydrogen-bond donors (Lipinski definition) is 2. The van der Waals surface area contributed by atoms with E-state index in [1.165, 1.54) is 69.4 Å². The van der Waals surface area contributed by atoms with Gasteiger partial charge in [0, 0.05) is 30.2 Å². The van der Waals surface area contributed by atoms with Crippen molar-refractivity contribution in [3.05, 3.63) is 82.6 Å². The van der Waals surface area contributed by atoms with Crippen LogP contribution < -0.4 is 10.6 Å². The van der Waals surface area contributed by atoms with Crippen LogP contribution in [0.1, 0.15) is 46.7 Å². The quantitative estimate of drug-likeness (QED) is 0.0953. The van der Waals surface area contributed by atoms with Crippen LogP contribution >= 0.6 is 0 Å². The Labute approximate surface area is 268 Å². The first-order valence-electron chi connectivity index (χ1n) is 12.7. The Balaban J connectivity index is 0.00000506. The molecule has 0 fully saturated rings. The number of rotatable bonds is 8. The summed E-state index contributed by atoms with van der Waals surface area (Å²) in [7, 11) is 1.40. The monoisotopic (exact) mass is 817 g/mol. The summed E-state index contributed by atoms with van der Waals surface area (Å²) in [4.78, 5) is 33.6. The van der Waals surface area contributed by atoms with Crippen molar-refractivity contribution in [2.24, 2.45) is 4.99 Å². The molecule has 0 radical (unpaired) electrons. The number of fused-ring (bicyclic) bond motifs is 1. The van der Waals surface area contributed by atoms with Crippen LogP contribution in [0.25, 0.3) is 39.0 Å². The molecule has 2 heterocycles. The minimum absolute atomic E-state index is 0. The van der Waals surface area contributed by atoms with E-state index >= 15 is 0 Å². The van der Waals surface area contributed by atoms with Crippen LogP contribution in [0.15, 0.2) is 64.0 Å². The number of furan rings is 1. The van der Waals surface area contributed by atoms with Gasteiger partial charge in [0.05, 0.1) is 16.6 Å². The third-order valence-corrected chi connectivity index (χ3v) is 6.51. The Bertz CT molecular complexity index is 1700. The van der Waals surface area contributed by atoms with Crippen LogP contribution in [0.3, 0.4) is 0 Å². The minimum atomic E-state index is -4.48. The average Bonchev–Trinajstić information content (AvgIpc) is 3.32. The van der Waals surface area contributed by atoms with E-state index in [2.05, 4.69) is 20.6 Å². The predicted octanol–water partition coefficient (Wildman–Crippen LogP) is 6.21. The average molecular weight is 818 g/mol. The number of pyridine rings is 1. The number of benzene rings is 2. The molecule has 2 aromatic carbocycles. The second-order valence-corrected chi connectivity index (χ2v) is 9.96. The first kappa shape index (κ1) is 33.7. The maximum atomic E-state index is 13.6. The normalized spacial score (nSPS) is 11.5. The molecule has 0 bridgehead atoms. The number of amides is 2. The number of carbonyl (C=O) groups excluding carboxylic acids is 2. The molecule has 0 aliphatic rings. The van der Waals surface area contributed by atoms with Gasteiger partial charge in [-0.15, -0.1) is 0 Å². The molecule has 4 aromatic rings. The van der Waals surface area contributed by atoms with Gasteiger partial charge in [0.15, 0.2) is 0 Å². The van der Waals surface area contributed by atoms with E-state index in [9.17, 15) is 32.6 Å². The first-order valence-corrected chi connectivity index (χ1v) is 12.7. The van der Waals surface area contributed by atoms with Crippen LogP contribution in [0.2, 0.25) is 0 Å². The molecule has 4 rings (SSSR count). The summed E-state index contributed by atoms with van der Waals surface area (Å²) in [6, 6.07) is 12.7. The number of amidine groups is 1. The summed E-state index contributed by atoms with van der Waals surface area (Å²) in [6.07, 6.45) is -6.18. The van der Waals surface area contributed by atoms with Crippen molar-refractivity contribution >= 4 is 35.5 Å². The van der Waals surface area contributed by atoms with E-state index < -0.39 is 48.0 Å². The number of alkyl halides is 3. The zero-order valence-corrected chi connectivity index (χ0v) is 27.4. The molecule has 13 heteroatoms. The molecule has 2 N–H and O–H groups in total. The zero-order valence-electron chi connectivity index (χ0n) is 23.3. The molecule has 0 saturated carbocycles. The molecule has 0 saturated heterocycles. The van der Waals surface area contributed by atoms with Gasteiger partial charge in [0.2, 0.25) is 5.71 Å². The summed E-state index contributed by atoms with van der Waals surface area (Å²) < 4.78 is 59.2. The van der Waals surface area contributed by atoms with Crippen molar-refractivity contribution in [3.8, 4) is 22.5 Å². The Morgan fingerprint density at radius 1 is 1.05 bits per heavy atom. The molecule has 0 unspecified atom stereocenters. The van der Waals surface area contributed by atoms with Crippen LogP contribution in [0.4, 0.5) is 17.6 Å². The number of aliphatic imine (C=N–C) groups is 1. The Kier molecular flexibility index (Phi) is 10.4. The van der Waals surface area contributed by atoms with Crippen molar-refractivity contribution in [1.29, 1.82) is 0 Å². The molecule has 2 aromatic heterocycles. The van der Waals surface area contributed by atoms with E-state index in [0.29, 0.717) is 11.1 Å². The Morgan fingerprint density at radius 2 is 1.72 bits per heavy atom. The van der Waals surface area contributed by atoms with Crippen LogP contribution in [-0.4, -0.2) is 48.1 Å². The van der Waals surface area contributed by atoms with Crippen LogP contribution in [0, 0.1) is 36.9 Å². The van der Waals surface area contributed by atoms with Gasteiger partial charge in [0.1, 0.15) is 11.6 Å². The van der Waals surface area contributed by atoms with E-state index in [4.69, 9.17) is 11.1 Å². The number of aromatic nitrogens is 1. The van der Waals surface area contributed by atoms with Crippen molar-refractivity contribution in [3.63, 3.8) is 0 Å². The van der Waals surface area contributed by atoms with E-state index in [-0.39, 0.29) is 70.4 Å². The van der Waals surface area contributed by atoms with Gasteiger partial charge in [-0.05, 0) is 60.0 Å². The fourth-order valence-corrected chi connectivity index (χ4v) is 4.32. The van der Waals surface area contributed by atoms with Gasteiger partial charge in [-0.2, -0.15) is 13.2 Å². The topological polar surface area (TPSA) is 119 Å². The molecule has 0 aliphatic heterocycles. The molecule has 0 atom stereocenters. The third kappa shape index (κ3) is 7.58. The van der Waals surface area contributed by atoms with Gasteiger partial charge in [-0.25, -0.2) is 15.2 Å². The van der Waals surface area contributed by atoms with Crippen molar-refractivity contribution in [1.82, 2.24) is 15.6 Å². The number of aryl methyl sites for hydroxylation is 1. The summed E-state index contributed by atoms with van der Waals surface area (Å²) >= 11 is 0. The number of nitrogens with zero attached hydrogens (tertiary/aromatic N) is 3. The smallest absolute Gasteiger partial charge is 0.646 e. The molecule has 43 heavy (non-hydrogen) atoms. The molecule has 220 valence electrons. The first-order chi connectivity index (χ1) is 19.7. The van der Waals surface area contributed by atoms with E-state index in [0.717, 1.165) is 0 Å². The van der Waals surface area contributed by atoms with Crippen molar-refractivity contribution in [2.45, 2.75) is 38.4 Å². The van der Waals surface area contributed by atoms with Crippen molar-refractivity contribution in [2.75, 3.05) is 7.05 Å². The summed E-state index contributed by atoms with van der Waals surface area (Å²) in [5, 5.41) is 15.2. The van der Waals surface area contributed by atoms with Gasteiger partial charge in [-0.1, -0.05) is 26.0 Å². The maximum Gasteiger partial charge on any atom is 2.00 e. The SMILES string of the molecule is [CH-]=NC(=[N-])C(C)(C)NC(=O)c1cccc(-c2cc3c(C(=O)NC)c(-c4ccc(F)cc4)oc3nc2CCC(F)(F)F)c1.[U+2]. The van der Waals surface area contributed by atoms with Crippen LogP contribution in [0.5, 0.6) is 0 Å². The molecule has 2 amide bonds. The minimum Gasteiger partial charge on any atom is -0.646 e. The van der Waals surface area contributed by atoms with Gasteiger partial charge >= 0.3 is 37.3 Å². The molecule has 0 spiro atoms. The fourth-order valence-electron chi connectivity index (χ4n) is 4.32. The molecular weight excluding hydrogens is 792 g/mol. The summed E-state index contributed by atoms with van der Waals surface area (Å²) in [5.41, 5.74) is -0.248. The second-order valence-electron chi connectivity index (χ2n) is 9.96. The van der Waals surface area contributed by atoms with Gasteiger partial charge in [0.25, 0.3) is 11.8 Å². The summed E-state index contributed by atoms with van der Waals surface area (Å²) in [6.45, 7) is 8.08. The summed E-state index contributed by atoms with van der Waals surface area (Å²) in [5.74, 6) is -2.14. The van der Waals surface area contributed by atoms with Gasteiger partial charge in [-0.3, -0.25) is 9.59 Å². The molecule has 8 nitrogen and oxygen atoms in total. The maximum absolute atomic E-state index is 13.6. The number of nitrogens with one attached hydrogen (secondary N) is 2. The number of hydrogen-bond acceptors (Lipinski definition) is 4. The van der Waals surface area contributed by atoms with E-state index in [1.54, 1.807) is 6.07 Å². The Morgan fingerprint density at radius 3 is 2.33 bits per heavy atom. The van der Waals surface area contributed by atoms with Gasteiger partial charge < -0.3 is 32.2 Å². The van der Waals surface area contributed by atoms with E-state index in [1.807, 2.05) is 0 Å². The van der Waals surface area contributed by atoms with Crippen molar-refractivity contribution < 1.29 is 62.7 Å².